The van der Waals surface area contributed by atoms with Gasteiger partial charge >= 0.3 is 18.3 Å². The Kier molecular flexibility index (Phi) is 10.2. The number of fused-ring (bicyclic) bond motifs is 1. The zero-order chi connectivity index (χ0) is 37.6. The number of morpholine rings is 1. The van der Waals surface area contributed by atoms with E-state index in [2.05, 4.69) is 10.3 Å². The molecule has 1 N–H and O–H groups in total. The maximum Gasteiger partial charge on any atom is 0.417 e. The van der Waals surface area contributed by atoms with Gasteiger partial charge in [-0.15, -0.1) is 0 Å². The van der Waals surface area contributed by atoms with Crippen molar-refractivity contribution in [1.29, 1.82) is 0 Å². The summed E-state index contributed by atoms with van der Waals surface area (Å²) in [5.74, 6) is -5.52. The Bertz CT molecular complexity index is 2040. The summed E-state index contributed by atoms with van der Waals surface area (Å²) in [5.41, 5.74) is -4.37. The highest BCUT2D eigenvalue weighted by Crippen LogP contribution is 2.39. The van der Waals surface area contributed by atoms with Gasteiger partial charge in [-0.25, -0.2) is 13.6 Å². The van der Waals surface area contributed by atoms with Crippen LogP contribution in [0.2, 0.25) is 0 Å². The van der Waals surface area contributed by atoms with Gasteiger partial charge in [0, 0.05) is 48.5 Å². The smallest absolute Gasteiger partial charge is 0.417 e. The molecule has 0 radical (unpaired) electrons. The predicted molar refractivity (Wildman–Crippen MR) is 168 cm³/mol. The first-order valence-corrected chi connectivity index (χ1v) is 15.3. The fourth-order valence-electron chi connectivity index (χ4n) is 6.00. The normalized spacial score (nSPS) is 17.4. The number of esters is 1. The number of nitrogens with one attached hydrogen (secondary N) is 1. The van der Waals surface area contributed by atoms with Crippen LogP contribution < -0.4 is 15.8 Å². The molecule has 17 heteroatoms. The Labute approximate surface area is 284 Å². The topological polar surface area (TPSA) is 103 Å². The van der Waals surface area contributed by atoms with E-state index in [0.717, 1.165) is 22.6 Å². The summed E-state index contributed by atoms with van der Waals surface area (Å²) in [6.07, 6.45) is -9.54. The number of ether oxygens (including phenoxy) is 2. The summed E-state index contributed by atoms with van der Waals surface area (Å²) in [7, 11) is 2.29. The van der Waals surface area contributed by atoms with Crippen LogP contribution in [-0.4, -0.2) is 66.1 Å². The molecule has 1 aliphatic heterocycles. The molecule has 0 spiro atoms. The van der Waals surface area contributed by atoms with Gasteiger partial charge in [-0.1, -0.05) is 18.2 Å². The SMILES string of the molecule is COC(=O)[C@H](Cc1ccc(-c2c(C(F)(F)F)cc(C)n(C)c2=O)c2ncccc12)NC(=O)c1c(F)cc(N2C[C@H](C)OC[C@@H]2C(F)(F)F)cc1F. The van der Waals surface area contributed by atoms with Crippen LogP contribution in [0.5, 0.6) is 0 Å². The minimum atomic E-state index is -4.91. The van der Waals surface area contributed by atoms with E-state index in [4.69, 9.17) is 9.47 Å². The second-order valence-corrected chi connectivity index (χ2v) is 12.0. The van der Waals surface area contributed by atoms with E-state index < -0.39 is 95.0 Å². The summed E-state index contributed by atoms with van der Waals surface area (Å²) in [6.45, 7) is 1.70. The van der Waals surface area contributed by atoms with Crippen LogP contribution in [0.15, 0.2) is 53.5 Å². The number of hydrogen-bond acceptors (Lipinski definition) is 7. The Balaban J connectivity index is 1.50. The number of carbonyl (C=O) groups excluding carboxylic acids is 2. The monoisotopic (exact) mass is 726 g/mol. The van der Waals surface area contributed by atoms with Crippen molar-refractivity contribution in [1.82, 2.24) is 14.9 Å². The van der Waals surface area contributed by atoms with Crippen LogP contribution in [0.3, 0.4) is 0 Å². The van der Waals surface area contributed by atoms with E-state index in [0.29, 0.717) is 12.1 Å². The van der Waals surface area contributed by atoms with Crippen LogP contribution >= 0.6 is 0 Å². The van der Waals surface area contributed by atoms with Gasteiger partial charge in [-0.2, -0.15) is 26.3 Å². The van der Waals surface area contributed by atoms with Crippen molar-refractivity contribution in [3.63, 3.8) is 0 Å². The zero-order valence-electron chi connectivity index (χ0n) is 27.4. The number of methoxy groups -OCH3 is 1. The van der Waals surface area contributed by atoms with Gasteiger partial charge in [-0.3, -0.25) is 14.6 Å². The van der Waals surface area contributed by atoms with E-state index >= 15 is 8.78 Å². The average molecular weight is 727 g/mol. The van der Waals surface area contributed by atoms with Gasteiger partial charge in [-0.05, 0) is 43.7 Å². The van der Waals surface area contributed by atoms with Crippen molar-refractivity contribution in [2.45, 2.75) is 50.8 Å². The highest BCUT2D eigenvalue weighted by molar-refractivity contribution is 5.99. The third-order valence-electron chi connectivity index (χ3n) is 8.65. The molecule has 51 heavy (non-hydrogen) atoms. The van der Waals surface area contributed by atoms with E-state index in [-0.39, 0.29) is 34.3 Å². The Morgan fingerprint density at radius 1 is 1.08 bits per heavy atom. The van der Waals surface area contributed by atoms with E-state index in [1.165, 1.54) is 51.4 Å². The number of alkyl halides is 6. The maximum absolute atomic E-state index is 15.3. The molecule has 0 unspecified atom stereocenters. The standard InChI is InChI=1S/C34H30F8N4O5/c1-16-10-22(33(37,38)39)27(31(48)45(16)3)21-8-7-18(20-6-5-9-43-29(20)21)11-25(32(49)50-4)44-30(47)28-23(35)12-19(13-24(28)36)46-14-17(2)51-15-26(46)34(40,41)42/h5-10,12-13,17,25-26H,11,14-15H2,1-4H3,(H,44,47)/t17-,25-,26+/m0/s1. The second kappa shape index (κ2) is 13.9. The number of nitrogens with zero attached hydrogens (tertiary/aromatic N) is 3. The van der Waals surface area contributed by atoms with Gasteiger partial charge < -0.3 is 24.3 Å². The molecule has 3 atom stereocenters. The lowest BCUT2D eigenvalue weighted by Crippen LogP contribution is -2.56. The molecule has 0 bridgehead atoms. The molecule has 1 saturated heterocycles. The molecule has 1 fully saturated rings. The average Bonchev–Trinajstić information content (AvgIpc) is 3.05. The minimum absolute atomic E-state index is 0.0429. The summed E-state index contributed by atoms with van der Waals surface area (Å²) >= 11 is 0. The van der Waals surface area contributed by atoms with Crippen molar-refractivity contribution < 1.29 is 54.2 Å². The molecule has 2 aromatic heterocycles. The highest BCUT2D eigenvalue weighted by Gasteiger charge is 2.47. The Morgan fingerprint density at radius 2 is 1.75 bits per heavy atom. The summed E-state index contributed by atoms with van der Waals surface area (Å²) < 4.78 is 125. The fraction of sp³-hybridized carbons (Fsp3) is 0.353. The summed E-state index contributed by atoms with van der Waals surface area (Å²) in [5, 5.41) is 2.38. The number of aryl methyl sites for hydroxylation is 1. The maximum atomic E-state index is 15.3. The largest absolute Gasteiger partial charge is 0.467 e. The van der Waals surface area contributed by atoms with Crippen molar-refractivity contribution in [3.05, 3.63) is 93.0 Å². The van der Waals surface area contributed by atoms with Crippen LogP contribution in [0.4, 0.5) is 40.8 Å². The molecule has 0 saturated carbocycles. The Hall–Kier alpha value is -5.06. The van der Waals surface area contributed by atoms with E-state index in [9.17, 15) is 40.7 Å². The lowest BCUT2D eigenvalue weighted by molar-refractivity contribution is -0.173. The lowest BCUT2D eigenvalue weighted by Gasteiger charge is -2.41. The highest BCUT2D eigenvalue weighted by atomic mass is 19.4. The first-order valence-electron chi connectivity index (χ1n) is 15.3. The number of halogens is 8. The molecule has 1 aliphatic rings. The van der Waals surface area contributed by atoms with Gasteiger partial charge in [0.15, 0.2) is 0 Å². The quantitative estimate of drug-likeness (QED) is 0.188. The van der Waals surface area contributed by atoms with Crippen LogP contribution in [0, 0.1) is 18.6 Å². The molecular weight excluding hydrogens is 696 g/mol. The van der Waals surface area contributed by atoms with Gasteiger partial charge in [0.05, 0.1) is 36.5 Å². The number of hydrogen-bond donors (Lipinski definition) is 1. The molecular formula is C34H30F8N4O5. The molecule has 272 valence electrons. The first-order chi connectivity index (χ1) is 23.8. The van der Waals surface area contributed by atoms with Crippen molar-refractivity contribution in [3.8, 4) is 11.1 Å². The number of amides is 1. The minimum Gasteiger partial charge on any atom is -0.467 e. The predicted octanol–water partition coefficient (Wildman–Crippen LogP) is 5.88. The van der Waals surface area contributed by atoms with Crippen molar-refractivity contribution >= 4 is 28.5 Å². The zero-order valence-corrected chi connectivity index (χ0v) is 27.4. The van der Waals surface area contributed by atoms with Crippen molar-refractivity contribution in [2.75, 3.05) is 25.2 Å². The number of pyridine rings is 2. The number of carbonyl (C=O) groups is 2. The van der Waals surface area contributed by atoms with Gasteiger partial charge in [0.2, 0.25) is 0 Å². The molecule has 3 heterocycles. The van der Waals surface area contributed by atoms with E-state index in [1.807, 2.05) is 0 Å². The van der Waals surface area contributed by atoms with Gasteiger partial charge in [0.1, 0.15) is 29.3 Å². The molecule has 4 aromatic rings. The molecule has 5 rings (SSSR count). The molecule has 0 aliphatic carbocycles. The second-order valence-electron chi connectivity index (χ2n) is 12.0. The lowest BCUT2D eigenvalue weighted by atomic mass is 9.93. The molecule has 2 aromatic carbocycles. The summed E-state index contributed by atoms with van der Waals surface area (Å²) in [4.78, 5) is 44.2. The van der Waals surface area contributed by atoms with Crippen LogP contribution in [-0.2, 0) is 33.9 Å². The number of anilines is 1. The number of benzene rings is 2. The van der Waals surface area contributed by atoms with Crippen LogP contribution in [0.1, 0.15) is 34.1 Å². The van der Waals surface area contributed by atoms with Gasteiger partial charge in [0.25, 0.3) is 11.5 Å². The fourth-order valence-corrected chi connectivity index (χ4v) is 6.00. The number of aromatic nitrogens is 2. The van der Waals surface area contributed by atoms with Crippen LogP contribution in [0.25, 0.3) is 22.0 Å². The number of rotatable bonds is 7. The van der Waals surface area contributed by atoms with Crippen molar-refractivity contribution in [2.24, 2.45) is 7.05 Å². The third-order valence-corrected chi connectivity index (χ3v) is 8.65. The molecule has 1 amide bonds. The summed E-state index contributed by atoms with van der Waals surface area (Å²) in [6, 6.07) is 3.59. The molecule has 9 nitrogen and oxygen atoms in total. The van der Waals surface area contributed by atoms with E-state index in [1.54, 1.807) is 0 Å². The first kappa shape index (κ1) is 37.2. The Morgan fingerprint density at radius 3 is 2.35 bits per heavy atom. The third kappa shape index (κ3) is 7.38.